The van der Waals surface area contributed by atoms with Crippen molar-refractivity contribution >= 4 is 45.0 Å². The molecule has 0 saturated heterocycles. The first-order valence-electron chi connectivity index (χ1n) is 7.24. The molecule has 0 heterocycles. The second-order valence-electron chi connectivity index (χ2n) is 6.06. The fourth-order valence-corrected chi connectivity index (χ4v) is 3.11. The maximum atomic E-state index is 12.5. The van der Waals surface area contributed by atoms with Gasteiger partial charge in [-0.1, -0.05) is 28.1 Å². The summed E-state index contributed by atoms with van der Waals surface area (Å²) < 4.78 is 1.04. The number of amides is 1. The highest BCUT2D eigenvalue weighted by Crippen LogP contribution is 2.39. The Balaban J connectivity index is 0.00000176. The van der Waals surface area contributed by atoms with E-state index in [0.717, 1.165) is 28.1 Å². The molecule has 0 aromatic heterocycles. The lowest BCUT2D eigenvalue weighted by Gasteiger charge is -2.29. The van der Waals surface area contributed by atoms with Gasteiger partial charge in [-0.25, -0.2) is 0 Å². The van der Waals surface area contributed by atoms with E-state index < -0.39 is 0 Å². The van der Waals surface area contributed by atoms with Crippen molar-refractivity contribution < 1.29 is 4.79 Å². The Kier molecular flexibility index (Phi) is 5.15. The third kappa shape index (κ3) is 3.45. The number of hydrogen-bond donors (Lipinski definition) is 2. The van der Waals surface area contributed by atoms with E-state index in [1.165, 1.54) is 0 Å². The highest BCUT2D eigenvalue weighted by Gasteiger charge is 2.41. The number of carbonyl (C=O) groups excluding carboxylic acids is 1. The number of rotatable bonds is 4. The molecule has 0 radical (unpaired) electrons. The average Bonchev–Trinajstić information content (AvgIpc) is 3.31. The summed E-state index contributed by atoms with van der Waals surface area (Å²) >= 11 is 3.46. The molecule has 0 bridgehead atoms. The predicted molar refractivity (Wildman–Crippen MR) is 96.5 cm³/mol. The zero-order valence-electron chi connectivity index (χ0n) is 12.4. The van der Waals surface area contributed by atoms with E-state index in [9.17, 15) is 4.79 Å². The molecule has 1 fully saturated rings. The van der Waals surface area contributed by atoms with E-state index in [1.54, 1.807) is 0 Å². The summed E-state index contributed by atoms with van der Waals surface area (Å²) in [6.07, 6.45) is 2.31. The number of halogens is 2. The molecular formula is C17H20BrClN2O. The minimum Gasteiger partial charge on any atom is -0.345 e. The van der Waals surface area contributed by atoms with E-state index >= 15 is 0 Å². The third-order valence-electron chi connectivity index (χ3n) is 4.37. The normalized spacial score (nSPS) is 16.7. The van der Waals surface area contributed by atoms with Crippen LogP contribution < -0.4 is 11.1 Å². The quantitative estimate of drug-likeness (QED) is 0.842. The molecule has 1 aliphatic carbocycles. The van der Waals surface area contributed by atoms with Gasteiger partial charge in [-0.05, 0) is 60.7 Å². The molecule has 118 valence electrons. The van der Waals surface area contributed by atoms with E-state index in [2.05, 4.69) is 21.2 Å². The zero-order valence-corrected chi connectivity index (χ0v) is 14.8. The van der Waals surface area contributed by atoms with E-state index in [1.807, 2.05) is 43.3 Å². The molecule has 1 aliphatic rings. The van der Waals surface area contributed by atoms with Crippen LogP contribution in [0.5, 0.6) is 0 Å². The number of benzene rings is 2. The van der Waals surface area contributed by atoms with E-state index in [-0.39, 0.29) is 23.9 Å². The average molecular weight is 384 g/mol. The van der Waals surface area contributed by atoms with Crippen molar-refractivity contribution in [1.82, 2.24) is 5.32 Å². The molecule has 1 amide bonds. The van der Waals surface area contributed by atoms with Gasteiger partial charge in [0.1, 0.15) is 0 Å². The van der Waals surface area contributed by atoms with Crippen LogP contribution >= 0.6 is 28.3 Å². The second kappa shape index (κ2) is 6.57. The lowest BCUT2D eigenvalue weighted by atomic mass is 9.95. The molecule has 0 spiro atoms. The molecule has 3 rings (SSSR count). The largest absolute Gasteiger partial charge is 0.345 e. The molecule has 2 aromatic rings. The Morgan fingerprint density at radius 3 is 2.55 bits per heavy atom. The number of hydrogen-bond acceptors (Lipinski definition) is 2. The molecular weight excluding hydrogens is 364 g/mol. The van der Waals surface area contributed by atoms with Gasteiger partial charge in [0.2, 0.25) is 0 Å². The van der Waals surface area contributed by atoms with Crippen LogP contribution in [0.1, 0.15) is 30.1 Å². The smallest absolute Gasteiger partial charge is 0.251 e. The van der Waals surface area contributed by atoms with Crippen LogP contribution in [-0.4, -0.2) is 18.0 Å². The van der Waals surface area contributed by atoms with Gasteiger partial charge in [-0.3, -0.25) is 4.79 Å². The van der Waals surface area contributed by atoms with Gasteiger partial charge in [-0.2, -0.15) is 0 Å². The van der Waals surface area contributed by atoms with Gasteiger partial charge in [0, 0.05) is 16.6 Å². The lowest BCUT2D eigenvalue weighted by Crippen LogP contribution is -2.53. The van der Waals surface area contributed by atoms with Crippen molar-refractivity contribution in [2.45, 2.75) is 25.3 Å². The van der Waals surface area contributed by atoms with Gasteiger partial charge >= 0.3 is 0 Å². The molecule has 3 N–H and O–H groups in total. The molecule has 0 aliphatic heterocycles. The lowest BCUT2D eigenvalue weighted by molar-refractivity contribution is 0.0898. The maximum absolute atomic E-state index is 12.5. The van der Waals surface area contributed by atoms with Crippen LogP contribution in [0, 0.1) is 5.92 Å². The summed E-state index contributed by atoms with van der Waals surface area (Å²) in [6, 6.07) is 11.8. The van der Waals surface area contributed by atoms with Gasteiger partial charge in [0.25, 0.3) is 5.91 Å². The van der Waals surface area contributed by atoms with Crippen LogP contribution in [-0.2, 0) is 0 Å². The highest BCUT2D eigenvalue weighted by molar-refractivity contribution is 9.10. The van der Waals surface area contributed by atoms with Crippen molar-refractivity contribution in [3.8, 4) is 0 Å². The first-order chi connectivity index (χ1) is 10.0. The van der Waals surface area contributed by atoms with Crippen molar-refractivity contribution in [2.24, 2.45) is 11.7 Å². The number of fused-ring (bicyclic) bond motifs is 1. The standard InChI is InChI=1S/C17H19BrN2O.ClH/c1-17(10-19,14-5-6-14)20-16(21)13-3-2-12-9-15(18)7-4-11(12)8-13;/h2-4,7-9,14H,5-6,10,19H2,1H3,(H,20,21);1H. The van der Waals surface area contributed by atoms with E-state index in [4.69, 9.17) is 5.73 Å². The summed E-state index contributed by atoms with van der Waals surface area (Å²) in [7, 11) is 0. The van der Waals surface area contributed by atoms with Gasteiger partial charge in [0.15, 0.2) is 0 Å². The topological polar surface area (TPSA) is 55.1 Å². The minimum absolute atomic E-state index is 0. The molecule has 1 saturated carbocycles. The summed E-state index contributed by atoms with van der Waals surface area (Å²) in [5.41, 5.74) is 6.26. The zero-order chi connectivity index (χ0) is 15.0. The van der Waals surface area contributed by atoms with Gasteiger partial charge in [0.05, 0.1) is 5.54 Å². The molecule has 1 unspecified atom stereocenters. The third-order valence-corrected chi connectivity index (χ3v) is 4.86. The Hall–Kier alpha value is -1.10. The molecule has 2 aromatic carbocycles. The van der Waals surface area contributed by atoms with Crippen molar-refractivity contribution in [1.29, 1.82) is 0 Å². The highest BCUT2D eigenvalue weighted by atomic mass is 79.9. The fourth-order valence-electron chi connectivity index (χ4n) is 2.73. The monoisotopic (exact) mass is 382 g/mol. The number of nitrogens with two attached hydrogens (primary N) is 1. The molecule has 3 nitrogen and oxygen atoms in total. The van der Waals surface area contributed by atoms with Crippen LogP contribution in [0.15, 0.2) is 40.9 Å². The Labute approximate surface area is 145 Å². The van der Waals surface area contributed by atoms with Crippen molar-refractivity contribution in [3.05, 3.63) is 46.4 Å². The summed E-state index contributed by atoms with van der Waals surface area (Å²) in [6.45, 7) is 2.52. The first kappa shape index (κ1) is 17.3. The maximum Gasteiger partial charge on any atom is 0.251 e. The molecule has 22 heavy (non-hydrogen) atoms. The Morgan fingerprint density at radius 1 is 1.27 bits per heavy atom. The Bertz CT molecular complexity index is 702. The summed E-state index contributed by atoms with van der Waals surface area (Å²) in [4.78, 5) is 12.5. The Morgan fingerprint density at radius 2 is 1.91 bits per heavy atom. The summed E-state index contributed by atoms with van der Waals surface area (Å²) in [5.74, 6) is 0.475. The van der Waals surface area contributed by atoms with E-state index in [0.29, 0.717) is 18.0 Å². The number of nitrogens with one attached hydrogen (secondary N) is 1. The van der Waals surface area contributed by atoms with Crippen molar-refractivity contribution in [2.75, 3.05) is 6.54 Å². The summed E-state index contributed by atoms with van der Waals surface area (Å²) in [5, 5.41) is 5.30. The van der Waals surface area contributed by atoms with Crippen LogP contribution in [0.4, 0.5) is 0 Å². The fraction of sp³-hybridized carbons (Fsp3) is 0.353. The van der Waals surface area contributed by atoms with Gasteiger partial charge < -0.3 is 11.1 Å². The first-order valence-corrected chi connectivity index (χ1v) is 8.03. The van der Waals surface area contributed by atoms with Crippen LogP contribution in [0.2, 0.25) is 0 Å². The van der Waals surface area contributed by atoms with Crippen LogP contribution in [0.3, 0.4) is 0 Å². The van der Waals surface area contributed by atoms with Crippen LogP contribution in [0.25, 0.3) is 10.8 Å². The minimum atomic E-state index is -0.286. The molecule has 5 heteroatoms. The van der Waals surface area contributed by atoms with Crippen molar-refractivity contribution in [3.63, 3.8) is 0 Å². The number of carbonyl (C=O) groups is 1. The second-order valence-corrected chi connectivity index (χ2v) is 6.97. The SMILES string of the molecule is CC(CN)(NC(=O)c1ccc2cc(Br)ccc2c1)C1CC1.Cl. The predicted octanol–water partition coefficient (Wildman–Crippen LogP) is 3.88. The molecule has 1 atom stereocenters. The van der Waals surface area contributed by atoms with Gasteiger partial charge in [-0.15, -0.1) is 12.4 Å².